The van der Waals surface area contributed by atoms with Crippen LogP contribution in [0.1, 0.15) is 39.5 Å². The van der Waals surface area contributed by atoms with Crippen molar-refractivity contribution in [1.82, 2.24) is 5.32 Å². The van der Waals surface area contributed by atoms with E-state index in [1.54, 1.807) is 0 Å². The fourth-order valence-corrected chi connectivity index (χ4v) is 2.64. The molecule has 0 aromatic carbocycles. The minimum atomic E-state index is -4.43. The zero-order chi connectivity index (χ0) is 13.6. The molecule has 2 fully saturated rings. The monoisotopic (exact) mass is 265 g/mol. The second kappa shape index (κ2) is 4.40. The molecule has 0 aliphatic carbocycles. The maximum absolute atomic E-state index is 12.9. The summed E-state index contributed by atoms with van der Waals surface area (Å²) in [7, 11) is 0. The minimum absolute atomic E-state index is 0.0597. The van der Waals surface area contributed by atoms with Crippen molar-refractivity contribution in [2.24, 2.45) is 5.92 Å². The van der Waals surface area contributed by atoms with Crippen LogP contribution in [0.2, 0.25) is 0 Å². The molecule has 104 valence electrons. The van der Waals surface area contributed by atoms with Gasteiger partial charge in [0.15, 0.2) is 0 Å². The molecule has 2 aliphatic rings. The molecule has 2 bridgehead atoms. The number of halogens is 3. The molecule has 6 heteroatoms. The van der Waals surface area contributed by atoms with Crippen LogP contribution in [-0.4, -0.2) is 29.8 Å². The van der Waals surface area contributed by atoms with Crippen molar-refractivity contribution in [3.05, 3.63) is 0 Å². The lowest BCUT2D eigenvalue weighted by atomic mass is 9.87. The zero-order valence-corrected chi connectivity index (χ0v) is 10.5. The summed E-state index contributed by atoms with van der Waals surface area (Å²) in [5.41, 5.74) is -2.15. The predicted octanol–water partition coefficient (Wildman–Crippen LogP) is 2.40. The van der Waals surface area contributed by atoms with E-state index in [-0.39, 0.29) is 18.6 Å². The number of ether oxygens (including phenoxy) is 1. The van der Waals surface area contributed by atoms with E-state index < -0.39 is 23.5 Å². The summed E-state index contributed by atoms with van der Waals surface area (Å²) < 4.78 is 44.2. The molecule has 0 saturated carbocycles. The van der Waals surface area contributed by atoms with Crippen LogP contribution in [-0.2, 0) is 9.53 Å². The number of hydrogen-bond donors (Lipinski definition) is 1. The van der Waals surface area contributed by atoms with Crippen LogP contribution in [0, 0.1) is 5.92 Å². The third-order valence-electron chi connectivity index (χ3n) is 4.17. The Morgan fingerprint density at radius 2 is 2.06 bits per heavy atom. The first-order valence-electron chi connectivity index (χ1n) is 6.31. The lowest BCUT2D eigenvalue weighted by Crippen LogP contribution is -2.58. The Balaban J connectivity index is 2.02. The lowest BCUT2D eigenvalue weighted by molar-refractivity contribution is -0.195. The van der Waals surface area contributed by atoms with Crippen LogP contribution in [0.4, 0.5) is 13.2 Å². The van der Waals surface area contributed by atoms with E-state index in [9.17, 15) is 18.0 Å². The van der Waals surface area contributed by atoms with Gasteiger partial charge < -0.3 is 10.1 Å². The highest BCUT2D eigenvalue weighted by Gasteiger charge is 2.53. The van der Waals surface area contributed by atoms with Gasteiger partial charge in [-0.15, -0.1) is 0 Å². The van der Waals surface area contributed by atoms with Crippen LogP contribution < -0.4 is 5.32 Å². The molecule has 4 atom stereocenters. The standard InChI is InChI=1S/C12H18F3NO2/c1-3-11(2,12(13,14)15)16-10(17)8-6-7-4-5-9(8)18-7/h7-9H,3-6H2,1-2H3,(H,16,17)/t7-,8+,9-,11+/m1/s1. The molecule has 3 nitrogen and oxygen atoms in total. The second-order valence-corrected chi connectivity index (χ2v) is 5.39. The molecule has 2 aliphatic heterocycles. The number of rotatable bonds is 3. The quantitative estimate of drug-likeness (QED) is 0.851. The SMILES string of the molecule is CC[C@](C)(NC(=O)[C@H]1C[C@H]2CC[C@H]1O2)C(F)(F)F. The number of fused-ring (bicyclic) bond motifs is 2. The molecule has 0 spiro atoms. The highest BCUT2D eigenvalue weighted by Crippen LogP contribution is 2.40. The van der Waals surface area contributed by atoms with Crippen molar-refractivity contribution in [3.8, 4) is 0 Å². The average molecular weight is 265 g/mol. The van der Waals surface area contributed by atoms with Crippen molar-refractivity contribution in [2.75, 3.05) is 0 Å². The molecule has 0 aromatic rings. The van der Waals surface area contributed by atoms with Crippen LogP contribution in [0.5, 0.6) is 0 Å². The lowest BCUT2D eigenvalue weighted by Gasteiger charge is -2.33. The van der Waals surface area contributed by atoms with Gasteiger partial charge in [-0.2, -0.15) is 13.2 Å². The number of nitrogens with one attached hydrogen (secondary N) is 1. The molecule has 0 aromatic heterocycles. The van der Waals surface area contributed by atoms with E-state index in [4.69, 9.17) is 4.74 Å². The van der Waals surface area contributed by atoms with Crippen LogP contribution in [0.3, 0.4) is 0 Å². The van der Waals surface area contributed by atoms with Crippen LogP contribution in [0.25, 0.3) is 0 Å². The molecule has 2 rings (SSSR count). The molecule has 18 heavy (non-hydrogen) atoms. The zero-order valence-electron chi connectivity index (χ0n) is 10.5. The minimum Gasteiger partial charge on any atom is -0.374 e. The molecule has 0 unspecified atom stereocenters. The summed E-state index contributed by atoms with van der Waals surface area (Å²) in [6.07, 6.45) is -2.50. The van der Waals surface area contributed by atoms with E-state index >= 15 is 0 Å². The van der Waals surface area contributed by atoms with Gasteiger partial charge in [0.05, 0.1) is 18.1 Å². The summed E-state index contributed by atoms with van der Waals surface area (Å²) in [6.45, 7) is 2.45. The highest BCUT2D eigenvalue weighted by atomic mass is 19.4. The Hall–Kier alpha value is -0.780. The number of amides is 1. The smallest absolute Gasteiger partial charge is 0.374 e. The van der Waals surface area contributed by atoms with E-state index in [2.05, 4.69) is 5.32 Å². The summed E-state index contributed by atoms with van der Waals surface area (Å²) >= 11 is 0. The van der Waals surface area contributed by atoms with Crippen molar-refractivity contribution in [1.29, 1.82) is 0 Å². The molecular weight excluding hydrogens is 247 g/mol. The fraction of sp³-hybridized carbons (Fsp3) is 0.917. The average Bonchev–Trinajstić information content (AvgIpc) is 2.88. The predicted molar refractivity (Wildman–Crippen MR) is 58.9 cm³/mol. The Labute approximate surface area is 104 Å². The van der Waals surface area contributed by atoms with Gasteiger partial charge in [0.2, 0.25) is 5.91 Å². The first-order valence-corrected chi connectivity index (χ1v) is 6.31. The Morgan fingerprint density at radius 3 is 2.44 bits per heavy atom. The van der Waals surface area contributed by atoms with E-state index in [0.717, 1.165) is 19.8 Å². The molecule has 2 heterocycles. The van der Waals surface area contributed by atoms with Gasteiger partial charge in [-0.25, -0.2) is 0 Å². The third-order valence-corrected chi connectivity index (χ3v) is 4.17. The first kappa shape index (κ1) is 13.6. The number of alkyl halides is 3. The Morgan fingerprint density at radius 1 is 1.39 bits per heavy atom. The summed E-state index contributed by atoms with van der Waals surface area (Å²) in [6, 6.07) is 0. The highest BCUT2D eigenvalue weighted by molar-refractivity contribution is 5.80. The third kappa shape index (κ3) is 2.22. The molecular formula is C12H18F3NO2. The second-order valence-electron chi connectivity index (χ2n) is 5.39. The number of hydrogen-bond acceptors (Lipinski definition) is 2. The maximum Gasteiger partial charge on any atom is 0.411 e. The van der Waals surface area contributed by atoms with Gasteiger partial charge >= 0.3 is 6.18 Å². The van der Waals surface area contributed by atoms with Crippen molar-refractivity contribution in [3.63, 3.8) is 0 Å². The molecule has 1 N–H and O–H groups in total. The van der Waals surface area contributed by atoms with Gasteiger partial charge in [0, 0.05) is 0 Å². The summed E-state index contributed by atoms with van der Waals surface area (Å²) in [5, 5.41) is 2.17. The number of carbonyl (C=O) groups excluding carboxylic acids is 1. The fourth-order valence-electron chi connectivity index (χ4n) is 2.64. The molecule has 1 amide bonds. The van der Waals surface area contributed by atoms with E-state index in [1.807, 2.05) is 0 Å². The molecule has 2 saturated heterocycles. The van der Waals surface area contributed by atoms with Gasteiger partial charge in [-0.05, 0) is 32.6 Å². The Bertz CT molecular complexity index is 345. The van der Waals surface area contributed by atoms with Gasteiger partial charge in [-0.3, -0.25) is 4.79 Å². The van der Waals surface area contributed by atoms with E-state index in [1.165, 1.54) is 6.92 Å². The van der Waals surface area contributed by atoms with Crippen molar-refractivity contribution in [2.45, 2.75) is 63.5 Å². The van der Waals surface area contributed by atoms with E-state index in [0.29, 0.717) is 6.42 Å². The van der Waals surface area contributed by atoms with Gasteiger partial charge in [0.25, 0.3) is 0 Å². The number of carbonyl (C=O) groups is 1. The largest absolute Gasteiger partial charge is 0.411 e. The Kier molecular flexibility index (Phi) is 3.34. The molecule has 0 radical (unpaired) electrons. The normalized spacial score (nSPS) is 34.4. The van der Waals surface area contributed by atoms with Crippen LogP contribution >= 0.6 is 0 Å². The van der Waals surface area contributed by atoms with Crippen molar-refractivity contribution >= 4 is 5.91 Å². The maximum atomic E-state index is 12.9. The first-order chi connectivity index (χ1) is 8.27. The summed E-state index contributed by atoms with van der Waals surface area (Å²) in [5.74, 6) is -0.944. The van der Waals surface area contributed by atoms with Gasteiger partial charge in [-0.1, -0.05) is 6.92 Å². The van der Waals surface area contributed by atoms with Gasteiger partial charge in [0.1, 0.15) is 5.54 Å². The summed E-state index contributed by atoms with van der Waals surface area (Å²) in [4.78, 5) is 12.0. The topological polar surface area (TPSA) is 38.3 Å². The van der Waals surface area contributed by atoms with Crippen LogP contribution in [0.15, 0.2) is 0 Å². The van der Waals surface area contributed by atoms with Crippen molar-refractivity contribution < 1.29 is 22.7 Å².